The van der Waals surface area contributed by atoms with Crippen LogP contribution in [0.5, 0.6) is 0 Å². The predicted molar refractivity (Wildman–Crippen MR) is 111 cm³/mol. The van der Waals surface area contributed by atoms with Crippen LogP contribution in [0.25, 0.3) is 0 Å². The van der Waals surface area contributed by atoms with Crippen molar-refractivity contribution in [2.75, 3.05) is 6.54 Å². The number of carbonyl (C=O) groups is 2. The van der Waals surface area contributed by atoms with Gasteiger partial charge in [0.2, 0.25) is 0 Å². The number of unbranched alkanes of at least 4 members (excludes halogenated alkanes) is 1. The minimum atomic E-state index is -1.34. The number of amides is 1. The molecule has 0 unspecified atom stereocenters. The Bertz CT molecular complexity index is 617. The highest BCUT2D eigenvalue weighted by molar-refractivity contribution is 6.45. The molecular formula is C20H37BN2O6. The standard InChI is InChI=1S/C20H37BN2O6/c1-17(2,3)27-16(26)23-13-14(22)12-20(23,15(24)25)10-8-9-11-21-28-18(4,5)19(6,7)29-21/h14H,8-13,22H2,1-7H3,(H,24,25)/t14-,20+/m1/s1. The average molecular weight is 412 g/mol. The normalized spacial score (nSPS) is 28.6. The quantitative estimate of drug-likeness (QED) is 0.509. The Labute approximate surface area is 174 Å². The fraction of sp³-hybridized carbons (Fsp3) is 0.900. The number of carboxylic acids is 1. The summed E-state index contributed by atoms with van der Waals surface area (Å²) in [5.74, 6) is -1.04. The van der Waals surface area contributed by atoms with E-state index >= 15 is 0 Å². The van der Waals surface area contributed by atoms with Crippen LogP contribution in [0, 0.1) is 0 Å². The number of hydrogen-bond donors (Lipinski definition) is 2. The van der Waals surface area contributed by atoms with Crippen molar-refractivity contribution >= 4 is 19.2 Å². The highest BCUT2D eigenvalue weighted by atomic mass is 16.7. The molecule has 2 fully saturated rings. The largest absolute Gasteiger partial charge is 0.479 e. The molecule has 2 aliphatic heterocycles. The Morgan fingerprint density at radius 1 is 1.17 bits per heavy atom. The highest BCUT2D eigenvalue weighted by Crippen LogP contribution is 2.39. The molecule has 2 saturated heterocycles. The minimum Gasteiger partial charge on any atom is -0.479 e. The van der Waals surface area contributed by atoms with E-state index < -0.39 is 23.2 Å². The van der Waals surface area contributed by atoms with Gasteiger partial charge in [0.1, 0.15) is 11.1 Å². The van der Waals surface area contributed by atoms with E-state index in [1.54, 1.807) is 20.8 Å². The molecule has 2 rings (SSSR count). The molecule has 3 N–H and O–H groups in total. The van der Waals surface area contributed by atoms with Crippen LogP contribution >= 0.6 is 0 Å². The van der Waals surface area contributed by atoms with Gasteiger partial charge in [0.25, 0.3) is 0 Å². The Morgan fingerprint density at radius 2 is 1.72 bits per heavy atom. The van der Waals surface area contributed by atoms with Gasteiger partial charge in [-0.2, -0.15) is 0 Å². The molecule has 9 heteroatoms. The molecule has 0 spiro atoms. The molecule has 0 aliphatic carbocycles. The van der Waals surface area contributed by atoms with E-state index in [9.17, 15) is 14.7 Å². The van der Waals surface area contributed by atoms with Gasteiger partial charge in [-0.15, -0.1) is 0 Å². The zero-order valence-corrected chi connectivity index (χ0v) is 18.9. The number of nitrogens with two attached hydrogens (primary N) is 1. The van der Waals surface area contributed by atoms with Gasteiger partial charge < -0.3 is 24.9 Å². The fourth-order valence-corrected chi connectivity index (χ4v) is 3.94. The number of nitrogens with zero attached hydrogens (tertiary/aromatic N) is 1. The molecule has 2 aliphatic rings. The lowest BCUT2D eigenvalue weighted by Crippen LogP contribution is -2.54. The third-order valence-corrected chi connectivity index (χ3v) is 6.13. The second kappa shape index (κ2) is 8.08. The van der Waals surface area contributed by atoms with Crippen molar-refractivity contribution in [3.63, 3.8) is 0 Å². The molecular weight excluding hydrogens is 375 g/mol. The molecule has 0 bridgehead atoms. The lowest BCUT2D eigenvalue weighted by molar-refractivity contribution is -0.150. The number of ether oxygens (including phenoxy) is 1. The zero-order chi connectivity index (χ0) is 22.3. The van der Waals surface area contributed by atoms with Crippen LogP contribution in [-0.2, 0) is 18.8 Å². The van der Waals surface area contributed by atoms with E-state index in [0.29, 0.717) is 19.2 Å². The first-order valence-electron chi connectivity index (χ1n) is 10.4. The van der Waals surface area contributed by atoms with E-state index in [1.165, 1.54) is 4.90 Å². The van der Waals surface area contributed by atoms with Gasteiger partial charge >= 0.3 is 19.2 Å². The van der Waals surface area contributed by atoms with Crippen LogP contribution in [-0.4, -0.2) is 64.1 Å². The van der Waals surface area contributed by atoms with Crippen LogP contribution in [0.2, 0.25) is 6.32 Å². The second-order valence-electron chi connectivity index (χ2n) is 10.3. The van der Waals surface area contributed by atoms with E-state index in [2.05, 4.69) is 0 Å². The minimum absolute atomic E-state index is 0.179. The summed E-state index contributed by atoms with van der Waals surface area (Å²) in [7, 11) is -0.312. The monoisotopic (exact) mass is 412 g/mol. The fourth-order valence-electron chi connectivity index (χ4n) is 3.94. The molecule has 2 heterocycles. The van der Waals surface area contributed by atoms with Gasteiger partial charge in [0.15, 0.2) is 0 Å². The van der Waals surface area contributed by atoms with Crippen molar-refractivity contribution in [3.05, 3.63) is 0 Å². The van der Waals surface area contributed by atoms with Gasteiger partial charge in [-0.3, -0.25) is 4.90 Å². The molecule has 0 aromatic heterocycles. The first-order chi connectivity index (χ1) is 13.1. The second-order valence-corrected chi connectivity index (χ2v) is 10.3. The smallest absolute Gasteiger partial charge is 0.457 e. The van der Waals surface area contributed by atoms with Crippen LogP contribution < -0.4 is 5.73 Å². The summed E-state index contributed by atoms with van der Waals surface area (Å²) in [5, 5.41) is 9.99. The van der Waals surface area contributed by atoms with Crippen molar-refractivity contribution < 1.29 is 28.7 Å². The van der Waals surface area contributed by atoms with E-state index in [1.807, 2.05) is 27.7 Å². The van der Waals surface area contributed by atoms with Gasteiger partial charge in [-0.1, -0.05) is 12.8 Å². The molecule has 2 atom stereocenters. The van der Waals surface area contributed by atoms with Crippen molar-refractivity contribution in [2.24, 2.45) is 5.73 Å². The summed E-state index contributed by atoms with van der Waals surface area (Å²) in [6.45, 7) is 13.5. The van der Waals surface area contributed by atoms with Crippen LogP contribution in [0.1, 0.15) is 74.1 Å². The number of rotatable bonds is 6. The first kappa shape index (κ1) is 24.0. The van der Waals surface area contributed by atoms with Crippen molar-refractivity contribution in [1.82, 2.24) is 4.90 Å². The van der Waals surface area contributed by atoms with Crippen LogP contribution in [0.15, 0.2) is 0 Å². The van der Waals surface area contributed by atoms with E-state index in [0.717, 1.165) is 6.42 Å². The summed E-state index contributed by atoms with van der Waals surface area (Å²) >= 11 is 0. The maximum Gasteiger partial charge on any atom is 0.457 e. The number of hydrogen-bond acceptors (Lipinski definition) is 6. The van der Waals surface area contributed by atoms with Crippen molar-refractivity contribution in [1.29, 1.82) is 0 Å². The van der Waals surface area contributed by atoms with Gasteiger partial charge in [-0.05, 0) is 67.6 Å². The average Bonchev–Trinajstić information content (AvgIpc) is 2.96. The van der Waals surface area contributed by atoms with Gasteiger partial charge in [0, 0.05) is 12.6 Å². The number of aliphatic carboxylic acids is 1. The summed E-state index contributed by atoms with van der Waals surface area (Å²) < 4.78 is 17.4. The van der Waals surface area contributed by atoms with Crippen LogP contribution in [0.4, 0.5) is 4.79 Å². The summed E-state index contributed by atoms with van der Waals surface area (Å²) in [6, 6.07) is -0.387. The lowest BCUT2D eigenvalue weighted by Gasteiger charge is -2.35. The molecule has 0 saturated carbocycles. The van der Waals surface area contributed by atoms with Gasteiger partial charge in [-0.25, -0.2) is 9.59 Å². The third kappa shape index (κ3) is 5.24. The summed E-state index contributed by atoms with van der Waals surface area (Å²) in [6.07, 6.45) is 1.92. The third-order valence-electron chi connectivity index (χ3n) is 6.13. The molecule has 166 valence electrons. The Morgan fingerprint density at radius 3 is 2.21 bits per heavy atom. The molecule has 1 amide bonds. The van der Waals surface area contributed by atoms with Crippen molar-refractivity contribution in [3.8, 4) is 0 Å². The van der Waals surface area contributed by atoms with Gasteiger partial charge in [0.05, 0.1) is 11.2 Å². The molecule has 0 aromatic carbocycles. The first-order valence-corrected chi connectivity index (χ1v) is 10.4. The Kier molecular flexibility index (Phi) is 6.67. The highest BCUT2D eigenvalue weighted by Gasteiger charge is 2.54. The molecule has 8 nitrogen and oxygen atoms in total. The van der Waals surface area contributed by atoms with E-state index in [4.69, 9.17) is 19.8 Å². The SMILES string of the molecule is CC(C)(C)OC(=O)N1C[C@H](N)C[C@@]1(CCCCB1OC(C)(C)C(C)(C)O1)C(=O)O. The molecule has 0 aromatic rings. The number of carbonyl (C=O) groups excluding carboxylic acids is 1. The molecule has 0 radical (unpaired) electrons. The zero-order valence-electron chi connectivity index (χ0n) is 18.9. The lowest BCUT2D eigenvalue weighted by atomic mass is 9.80. The topological polar surface area (TPSA) is 111 Å². The Balaban J connectivity index is 1.99. The van der Waals surface area contributed by atoms with Crippen molar-refractivity contribution in [2.45, 2.75) is 109 Å². The summed E-state index contributed by atoms with van der Waals surface area (Å²) in [5.41, 5.74) is 3.25. The summed E-state index contributed by atoms with van der Waals surface area (Å²) in [4.78, 5) is 26.2. The number of likely N-dealkylation sites (tertiary alicyclic amines) is 1. The Hall–Kier alpha value is -1.32. The maximum absolute atomic E-state index is 12.7. The number of carboxylic acid groups (broad SMARTS) is 1. The molecule has 29 heavy (non-hydrogen) atoms. The van der Waals surface area contributed by atoms with Crippen LogP contribution in [0.3, 0.4) is 0 Å². The maximum atomic E-state index is 12.7. The predicted octanol–water partition coefficient (Wildman–Crippen LogP) is 3.04. The van der Waals surface area contributed by atoms with E-state index in [-0.39, 0.29) is 37.3 Å².